The Labute approximate surface area is 112 Å². The zero-order chi connectivity index (χ0) is 12.1. The van der Waals surface area contributed by atoms with Crippen molar-refractivity contribution in [2.45, 2.75) is 25.4 Å². The van der Waals surface area contributed by atoms with E-state index in [9.17, 15) is 0 Å². The lowest BCUT2D eigenvalue weighted by molar-refractivity contribution is 0.363. The van der Waals surface area contributed by atoms with E-state index in [1.54, 1.807) is 6.08 Å². The number of benzene rings is 1. The fourth-order valence-electron chi connectivity index (χ4n) is 1.50. The first-order valence-corrected chi connectivity index (χ1v) is 6.51. The molecule has 0 saturated heterocycles. The van der Waals surface area contributed by atoms with Crippen LogP contribution in [0.1, 0.15) is 18.4 Å². The standard InChI is InChI=1S/C13H15Cl2NO/c14-6-1-7-17-13-5-2-10(8-12(13)15)9-16-11-3-4-11/h1-2,5-6,8,11,16H,3-4,7,9H2. The van der Waals surface area contributed by atoms with Crippen LogP contribution in [0.5, 0.6) is 5.75 Å². The smallest absolute Gasteiger partial charge is 0.138 e. The van der Waals surface area contributed by atoms with E-state index in [4.69, 9.17) is 27.9 Å². The molecular weight excluding hydrogens is 257 g/mol. The van der Waals surface area contributed by atoms with Crippen LogP contribution in [-0.2, 0) is 6.54 Å². The Morgan fingerprint density at radius 2 is 2.24 bits per heavy atom. The van der Waals surface area contributed by atoms with Crippen molar-refractivity contribution in [1.29, 1.82) is 0 Å². The molecule has 1 aliphatic carbocycles. The molecule has 0 aliphatic heterocycles. The highest BCUT2D eigenvalue weighted by Crippen LogP contribution is 2.26. The number of hydrogen-bond acceptors (Lipinski definition) is 2. The third-order valence-corrected chi connectivity index (χ3v) is 3.07. The van der Waals surface area contributed by atoms with Crippen LogP contribution in [0.4, 0.5) is 0 Å². The van der Waals surface area contributed by atoms with E-state index in [2.05, 4.69) is 5.32 Å². The van der Waals surface area contributed by atoms with Gasteiger partial charge in [0.1, 0.15) is 12.4 Å². The topological polar surface area (TPSA) is 21.3 Å². The normalized spacial score (nSPS) is 15.4. The second-order valence-electron chi connectivity index (χ2n) is 4.09. The van der Waals surface area contributed by atoms with E-state index < -0.39 is 0 Å². The molecule has 1 fully saturated rings. The van der Waals surface area contributed by atoms with Crippen LogP contribution in [-0.4, -0.2) is 12.6 Å². The Balaban J connectivity index is 1.90. The van der Waals surface area contributed by atoms with Gasteiger partial charge >= 0.3 is 0 Å². The van der Waals surface area contributed by atoms with Crippen LogP contribution in [0.2, 0.25) is 5.02 Å². The highest BCUT2D eigenvalue weighted by Gasteiger charge is 2.19. The zero-order valence-corrected chi connectivity index (χ0v) is 11.0. The summed E-state index contributed by atoms with van der Waals surface area (Å²) in [6, 6.07) is 6.57. The van der Waals surface area contributed by atoms with Crippen LogP contribution in [0.15, 0.2) is 29.8 Å². The molecule has 4 heteroatoms. The average molecular weight is 272 g/mol. The largest absolute Gasteiger partial charge is 0.488 e. The lowest BCUT2D eigenvalue weighted by atomic mass is 10.2. The van der Waals surface area contributed by atoms with Gasteiger partial charge in [-0.2, -0.15) is 0 Å². The summed E-state index contributed by atoms with van der Waals surface area (Å²) in [4.78, 5) is 0. The highest BCUT2D eigenvalue weighted by molar-refractivity contribution is 6.32. The highest BCUT2D eigenvalue weighted by atomic mass is 35.5. The first-order valence-electron chi connectivity index (χ1n) is 5.69. The lowest BCUT2D eigenvalue weighted by Crippen LogP contribution is -2.15. The minimum absolute atomic E-state index is 0.433. The molecule has 0 aromatic heterocycles. The molecule has 0 amide bonds. The predicted molar refractivity (Wildman–Crippen MR) is 71.8 cm³/mol. The van der Waals surface area contributed by atoms with Crippen molar-refractivity contribution in [3.63, 3.8) is 0 Å². The molecule has 0 atom stereocenters. The minimum Gasteiger partial charge on any atom is -0.488 e. The molecule has 2 nitrogen and oxygen atoms in total. The van der Waals surface area contributed by atoms with Gasteiger partial charge in [-0.05, 0) is 36.6 Å². The molecule has 1 N–H and O–H groups in total. The summed E-state index contributed by atoms with van der Waals surface area (Å²) < 4.78 is 5.45. The third kappa shape index (κ3) is 4.23. The van der Waals surface area contributed by atoms with Crippen LogP contribution in [0.25, 0.3) is 0 Å². The van der Waals surface area contributed by atoms with Gasteiger partial charge in [0.2, 0.25) is 0 Å². The van der Waals surface area contributed by atoms with Gasteiger partial charge in [-0.1, -0.05) is 29.3 Å². The number of ether oxygens (including phenoxy) is 1. The summed E-state index contributed by atoms with van der Waals surface area (Å²) in [6.07, 6.45) is 4.31. The van der Waals surface area contributed by atoms with Crippen molar-refractivity contribution in [2.24, 2.45) is 0 Å². The van der Waals surface area contributed by atoms with E-state index in [1.165, 1.54) is 23.9 Å². The molecule has 1 saturated carbocycles. The van der Waals surface area contributed by atoms with Gasteiger partial charge in [-0.15, -0.1) is 0 Å². The van der Waals surface area contributed by atoms with Crippen molar-refractivity contribution in [3.8, 4) is 5.75 Å². The molecular formula is C13H15Cl2NO. The summed E-state index contributed by atoms with van der Waals surface area (Å²) in [6.45, 7) is 1.30. The maximum absolute atomic E-state index is 6.13. The Morgan fingerprint density at radius 1 is 1.41 bits per heavy atom. The van der Waals surface area contributed by atoms with Crippen molar-refractivity contribution < 1.29 is 4.74 Å². The molecule has 1 aromatic rings. The zero-order valence-electron chi connectivity index (χ0n) is 9.46. The third-order valence-electron chi connectivity index (χ3n) is 2.59. The first kappa shape index (κ1) is 12.7. The molecule has 2 rings (SSSR count). The van der Waals surface area contributed by atoms with Crippen molar-refractivity contribution in [3.05, 3.63) is 40.4 Å². The molecule has 0 heterocycles. The quantitative estimate of drug-likeness (QED) is 0.852. The SMILES string of the molecule is ClC=CCOc1ccc(CNC2CC2)cc1Cl. The summed E-state index contributed by atoms with van der Waals surface area (Å²) in [5.74, 6) is 0.691. The fraction of sp³-hybridized carbons (Fsp3) is 0.385. The van der Waals surface area contributed by atoms with Crippen LogP contribution in [0.3, 0.4) is 0 Å². The van der Waals surface area contributed by atoms with E-state index >= 15 is 0 Å². The summed E-state index contributed by atoms with van der Waals surface area (Å²) in [5, 5.41) is 4.09. The number of rotatable bonds is 6. The maximum atomic E-state index is 6.13. The molecule has 0 unspecified atom stereocenters. The second kappa shape index (κ2) is 6.29. The Bertz CT molecular complexity index is 402. The van der Waals surface area contributed by atoms with Gasteiger partial charge in [0.15, 0.2) is 0 Å². The monoisotopic (exact) mass is 271 g/mol. The molecule has 1 aromatic carbocycles. The second-order valence-corrected chi connectivity index (χ2v) is 4.75. The fourth-order valence-corrected chi connectivity index (χ4v) is 1.83. The maximum Gasteiger partial charge on any atom is 0.138 e. The number of nitrogens with one attached hydrogen (secondary N) is 1. The van der Waals surface area contributed by atoms with Crippen molar-refractivity contribution in [1.82, 2.24) is 5.32 Å². The van der Waals surface area contributed by atoms with Crippen LogP contribution < -0.4 is 10.1 Å². The van der Waals surface area contributed by atoms with Gasteiger partial charge in [0.25, 0.3) is 0 Å². The van der Waals surface area contributed by atoms with Gasteiger partial charge < -0.3 is 10.1 Å². The van der Waals surface area contributed by atoms with Crippen molar-refractivity contribution in [2.75, 3.05) is 6.61 Å². The Kier molecular flexibility index (Phi) is 4.72. The van der Waals surface area contributed by atoms with Crippen molar-refractivity contribution >= 4 is 23.2 Å². The molecule has 17 heavy (non-hydrogen) atoms. The van der Waals surface area contributed by atoms with E-state index in [0.717, 1.165) is 6.54 Å². The Morgan fingerprint density at radius 3 is 2.88 bits per heavy atom. The lowest BCUT2D eigenvalue weighted by Gasteiger charge is -2.08. The predicted octanol–water partition coefficient (Wildman–Crippen LogP) is 3.72. The van der Waals surface area contributed by atoms with Gasteiger partial charge in [-0.25, -0.2) is 0 Å². The minimum atomic E-state index is 0.433. The molecule has 92 valence electrons. The molecule has 1 aliphatic rings. The number of halogens is 2. The number of hydrogen-bond donors (Lipinski definition) is 1. The molecule has 0 bridgehead atoms. The van der Waals surface area contributed by atoms with E-state index in [1.807, 2.05) is 18.2 Å². The van der Waals surface area contributed by atoms with Gasteiger partial charge in [0.05, 0.1) is 5.02 Å². The summed E-state index contributed by atoms with van der Waals surface area (Å²) in [5.41, 5.74) is 2.61. The van der Waals surface area contributed by atoms with Gasteiger partial charge in [-0.3, -0.25) is 0 Å². The van der Waals surface area contributed by atoms with Gasteiger partial charge in [0, 0.05) is 18.1 Å². The summed E-state index contributed by atoms with van der Waals surface area (Å²) >= 11 is 11.5. The van der Waals surface area contributed by atoms with Crippen LogP contribution >= 0.6 is 23.2 Å². The first-order chi connectivity index (χ1) is 8.29. The average Bonchev–Trinajstić information content (AvgIpc) is 3.13. The van der Waals surface area contributed by atoms with E-state index in [-0.39, 0.29) is 0 Å². The Hall–Kier alpha value is -0.700. The molecule has 0 spiro atoms. The molecule has 0 radical (unpaired) electrons. The van der Waals surface area contributed by atoms with Crippen LogP contribution in [0, 0.1) is 0 Å². The summed E-state index contributed by atoms with van der Waals surface area (Å²) in [7, 11) is 0. The van der Waals surface area contributed by atoms with E-state index in [0.29, 0.717) is 23.4 Å².